The summed E-state index contributed by atoms with van der Waals surface area (Å²) in [5.41, 5.74) is -0.420. The third-order valence-corrected chi connectivity index (χ3v) is 3.56. The molecule has 0 spiro atoms. The Morgan fingerprint density at radius 2 is 2.05 bits per heavy atom. The Morgan fingerprint density at radius 3 is 2.62 bits per heavy atom. The average molecular weight is 354 g/mol. The maximum atomic E-state index is 12.3. The quantitative estimate of drug-likeness (QED) is 0.848. The molecule has 21 heavy (non-hydrogen) atoms. The Labute approximate surface area is 132 Å². The first kappa shape index (κ1) is 15.8. The maximum absolute atomic E-state index is 12.3. The molecule has 0 fully saturated rings. The standard InChI is InChI=1S/C15H20BrN3O2/c1-11-17-19(15(2,3)4)14(20)18(11)8-9-21-13-7-5-6-12(16)10-13/h5-7,10H,8-9H2,1-4H3. The van der Waals surface area contributed by atoms with Crippen molar-refractivity contribution in [1.82, 2.24) is 14.3 Å². The number of ether oxygens (including phenoxy) is 1. The average Bonchev–Trinajstić information content (AvgIpc) is 2.66. The van der Waals surface area contributed by atoms with Crippen molar-refractivity contribution in [3.63, 3.8) is 0 Å². The van der Waals surface area contributed by atoms with Gasteiger partial charge in [-0.3, -0.25) is 4.57 Å². The molecule has 6 heteroatoms. The fourth-order valence-electron chi connectivity index (χ4n) is 2.00. The van der Waals surface area contributed by atoms with Crippen LogP contribution in [0.2, 0.25) is 0 Å². The summed E-state index contributed by atoms with van der Waals surface area (Å²) >= 11 is 3.40. The predicted octanol–water partition coefficient (Wildman–Crippen LogP) is 2.95. The van der Waals surface area contributed by atoms with E-state index in [4.69, 9.17) is 4.74 Å². The number of rotatable bonds is 4. The van der Waals surface area contributed by atoms with Gasteiger partial charge in [-0.2, -0.15) is 5.10 Å². The predicted molar refractivity (Wildman–Crippen MR) is 85.9 cm³/mol. The van der Waals surface area contributed by atoms with Gasteiger partial charge in [0.15, 0.2) is 0 Å². The van der Waals surface area contributed by atoms with E-state index in [9.17, 15) is 4.79 Å². The molecule has 5 nitrogen and oxygen atoms in total. The van der Waals surface area contributed by atoms with Crippen molar-refractivity contribution in [1.29, 1.82) is 0 Å². The molecule has 0 aliphatic carbocycles. The fourth-order valence-corrected chi connectivity index (χ4v) is 2.38. The van der Waals surface area contributed by atoms with E-state index >= 15 is 0 Å². The van der Waals surface area contributed by atoms with Crippen molar-refractivity contribution in [2.75, 3.05) is 6.61 Å². The monoisotopic (exact) mass is 353 g/mol. The van der Waals surface area contributed by atoms with E-state index in [1.807, 2.05) is 52.0 Å². The maximum Gasteiger partial charge on any atom is 0.346 e. The van der Waals surface area contributed by atoms with Gasteiger partial charge < -0.3 is 4.74 Å². The summed E-state index contributed by atoms with van der Waals surface area (Å²) in [6.45, 7) is 8.62. The molecule has 114 valence electrons. The minimum atomic E-state index is -0.321. The van der Waals surface area contributed by atoms with Crippen molar-refractivity contribution < 1.29 is 4.74 Å². The number of hydrogen-bond donors (Lipinski definition) is 0. The Balaban J connectivity index is 2.08. The lowest BCUT2D eigenvalue weighted by Crippen LogP contribution is -2.36. The molecule has 2 rings (SSSR count). The van der Waals surface area contributed by atoms with Crippen molar-refractivity contribution in [2.24, 2.45) is 0 Å². The van der Waals surface area contributed by atoms with Gasteiger partial charge in [0.2, 0.25) is 0 Å². The third kappa shape index (κ3) is 3.75. The summed E-state index contributed by atoms with van der Waals surface area (Å²) in [5.74, 6) is 1.48. The highest BCUT2D eigenvalue weighted by Gasteiger charge is 2.20. The van der Waals surface area contributed by atoms with E-state index in [1.54, 1.807) is 4.57 Å². The Bertz CT molecular complexity index is 683. The zero-order valence-corrected chi connectivity index (χ0v) is 14.3. The zero-order chi connectivity index (χ0) is 15.6. The number of nitrogens with zero attached hydrogens (tertiary/aromatic N) is 3. The van der Waals surface area contributed by atoms with Gasteiger partial charge >= 0.3 is 5.69 Å². The normalized spacial score (nSPS) is 11.7. The van der Waals surface area contributed by atoms with E-state index in [0.717, 1.165) is 10.2 Å². The van der Waals surface area contributed by atoms with Gasteiger partial charge in [0, 0.05) is 4.47 Å². The summed E-state index contributed by atoms with van der Waals surface area (Å²) in [6.07, 6.45) is 0. The largest absolute Gasteiger partial charge is 0.492 e. The number of benzene rings is 1. The minimum Gasteiger partial charge on any atom is -0.492 e. The smallest absolute Gasteiger partial charge is 0.346 e. The van der Waals surface area contributed by atoms with Crippen molar-refractivity contribution >= 4 is 15.9 Å². The fraction of sp³-hybridized carbons (Fsp3) is 0.467. The molecular formula is C15H20BrN3O2. The molecule has 0 saturated carbocycles. The minimum absolute atomic E-state index is 0.0992. The lowest BCUT2D eigenvalue weighted by molar-refractivity contribution is 0.291. The van der Waals surface area contributed by atoms with Gasteiger partial charge in [-0.15, -0.1) is 0 Å². The Morgan fingerprint density at radius 1 is 1.33 bits per heavy atom. The molecule has 1 heterocycles. The molecule has 1 aromatic heterocycles. The molecule has 0 aliphatic rings. The number of aromatic nitrogens is 3. The van der Waals surface area contributed by atoms with Crippen LogP contribution < -0.4 is 10.4 Å². The molecule has 0 bridgehead atoms. The van der Waals surface area contributed by atoms with E-state index in [1.165, 1.54) is 4.68 Å². The van der Waals surface area contributed by atoms with Crippen LogP contribution in [-0.4, -0.2) is 21.0 Å². The highest BCUT2D eigenvalue weighted by atomic mass is 79.9. The van der Waals surface area contributed by atoms with Crippen molar-refractivity contribution in [2.45, 2.75) is 39.8 Å². The molecule has 0 N–H and O–H groups in total. The summed E-state index contributed by atoms with van der Waals surface area (Å²) < 4.78 is 9.79. The van der Waals surface area contributed by atoms with Crippen LogP contribution in [0.4, 0.5) is 0 Å². The SMILES string of the molecule is Cc1nn(C(C)(C)C)c(=O)n1CCOc1cccc(Br)c1. The van der Waals surface area contributed by atoms with Gasteiger partial charge in [0.1, 0.15) is 18.2 Å². The summed E-state index contributed by atoms with van der Waals surface area (Å²) in [4.78, 5) is 12.3. The first-order valence-corrected chi connectivity index (χ1v) is 7.63. The molecule has 0 unspecified atom stereocenters. The first-order chi connectivity index (χ1) is 9.79. The summed E-state index contributed by atoms with van der Waals surface area (Å²) in [5, 5.41) is 4.33. The highest BCUT2D eigenvalue weighted by Crippen LogP contribution is 2.17. The van der Waals surface area contributed by atoms with Gasteiger partial charge in [0.25, 0.3) is 0 Å². The number of hydrogen-bond acceptors (Lipinski definition) is 3. The number of aryl methyl sites for hydroxylation is 1. The van der Waals surface area contributed by atoms with Crippen LogP contribution in [-0.2, 0) is 12.1 Å². The molecule has 0 atom stereocenters. The summed E-state index contributed by atoms with van der Waals surface area (Å²) in [6, 6.07) is 7.64. The molecule has 0 radical (unpaired) electrons. The lowest BCUT2D eigenvalue weighted by Gasteiger charge is -2.16. The van der Waals surface area contributed by atoms with E-state index in [-0.39, 0.29) is 11.2 Å². The van der Waals surface area contributed by atoms with E-state index in [2.05, 4.69) is 21.0 Å². The van der Waals surface area contributed by atoms with Gasteiger partial charge in [-0.1, -0.05) is 22.0 Å². The van der Waals surface area contributed by atoms with Gasteiger partial charge in [-0.05, 0) is 45.9 Å². The second kappa shape index (κ2) is 6.05. The lowest BCUT2D eigenvalue weighted by atomic mass is 10.1. The zero-order valence-electron chi connectivity index (χ0n) is 12.8. The van der Waals surface area contributed by atoms with Crippen molar-refractivity contribution in [3.8, 4) is 5.75 Å². The van der Waals surface area contributed by atoms with Crippen LogP contribution in [0.3, 0.4) is 0 Å². The highest BCUT2D eigenvalue weighted by molar-refractivity contribution is 9.10. The molecule has 1 aromatic carbocycles. The van der Waals surface area contributed by atoms with Crippen LogP contribution in [0.1, 0.15) is 26.6 Å². The van der Waals surface area contributed by atoms with Crippen LogP contribution >= 0.6 is 15.9 Å². The molecule has 0 saturated heterocycles. The Hall–Kier alpha value is -1.56. The molecule has 0 aliphatic heterocycles. The van der Waals surface area contributed by atoms with Crippen LogP contribution in [0, 0.1) is 6.92 Å². The summed E-state index contributed by atoms with van der Waals surface area (Å²) in [7, 11) is 0. The van der Waals surface area contributed by atoms with E-state index < -0.39 is 0 Å². The van der Waals surface area contributed by atoms with Crippen molar-refractivity contribution in [3.05, 3.63) is 45.0 Å². The van der Waals surface area contributed by atoms with Crippen LogP contribution in [0.5, 0.6) is 5.75 Å². The van der Waals surface area contributed by atoms with E-state index in [0.29, 0.717) is 19.0 Å². The van der Waals surface area contributed by atoms with Gasteiger partial charge in [-0.25, -0.2) is 9.48 Å². The second-order valence-electron chi connectivity index (χ2n) is 5.87. The van der Waals surface area contributed by atoms with Gasteiger partial charge in [0.05, 0.1) is 12.1 Å². The first-order valence-electron chi connectivity index (χ1n) is 6.84. The molecule has 0 amide bonds. The van der Waals surface area contributed by atoms with Crippen LogP contribution in [0.15, 0.2) is 33.5 Å². The Kier molecular flexibility index (Phi) is 4.56. The molecular weight excluding hydrogens is 334 g/mol. The topological polar surface area (TPSA) is 49.0 Å². The molecule has 2 aromatic rings. The second-order valence-corrected chi connectivity index (χ2v) is 6.79. The van der Waals surface area contributed by atoms with Crippen LogP contribution in [0.25, 0.3) is 0 Å². The number of halogens is 1. The third-order valence-electron chi connectivity index (χ3n) is 3.06.